The zero-order chi connectivity index (χ0) is 15.2. The van der Waals surface area contributed by atoms with Crippen LogP contribution in [0.1, 0.15) is 12.5 Å². The van der Waals surface area contributed by atoms with Gasteiger partial charge in [0.1, 0.15) is 0 Å². The zero-order valence-electron chi connectivity index (χ0n) is 13.2. The molecule has 0 heterocycles. The fourth-order valence-electron chi connectivity index (χ4n) is 2.15. The van der Waals surface area contributed by atoms with Gasteiger partial charge in [0, 0.05) is 13.1 Å². The Kier molecular flexibility index (Phi) is 6.63. The van der Waals surface area contributed by atoms with Crippen molar-refractivity contribution in [1.29, 1.82) is 0 Å². The van der Waals surface area contributed by atoms with Crippen LogP contribution in [-0.2, 0) is 11.1 Å². The normalized spacial score (nSPS) is 13.0. The second-order valence-corrected chi connectivity index (χ2v) is 8.30. The lowest BCUT2D eigenvalue weighted by molar-refractivity contribution is 0.339. The molecule has 0 aliphatic carbocycles. The summed E-state index contributed by atoms with van der Waals surface area (Å²) < 4.78 is 19.0. The third-order valence-corrected chi connectivity index (χ3v) is 6.30. The van der Waals surface area contributed by atoms with E-state index in [1.165, 1.54) is 5.56 Å². The molecule has 0 N–H and O–H groups in total. The standard InChI is InChI=1S/C15H26N3OP/c1-6-7-13-18(14-15-11-9-8-10-12-15)20(19,16(2)3)17(4)5/h6-12H,13-14H2,1-5H3/b7-6-. The lowest BCUT2D eigenvalue weighted by atomic mass is 10.2. The van der Waals surface area contributed by atoms with Gasteiger partial charge in [-0.05, 0) is 40.7 Å². The molecule has 0 bridgehead atoms. The van der Waals surface area contributed by atoms with E-state index in [1.54, 1.807) is 0 Å². The molecule has 0 aromatic heterocycles. The van der Waals surface area contributed by atoms with Gasteiger partial charge >= 0.3 is 0 Å². The average molecular weight is 295 g/mol. The molecule has 0 unspecified atom stereocenters. The number of nitrogens with zero attached hydrogens (tertiary/aromatic N) is 3. The number of allylic oxidation sites excluding steroid dienone is 1. The van der Waals surface area contributed by atoms with Crippen molar-refractivity contribution in [2.75, 3.05) is 34.7 Å². The fraction of sp³-hybridized carbons (Fsp3) is 0.467. The predicted octanol–water partition coefficient (Wildman–Crippen LogP) is 3.30. The average Bonchev–Trinajstić information content (AvgIpc) is 2.43. The second-order valence-electron chi connectivity index (χ2n) is 5.11. The Hall–Kier alpha value is -0.930. The van der Waals surface area contributed by atoms with E-state index in [9.17, 15) is 4.57 Å². The summed E-state index contributed by atoms with van der Waals surface area (Å²) in [4.78, 5) is 0. The van der Waals surface area contributed by atoms with E-state index >= 15 is 0 Å². The monoisotopic (exact) mass is 295 g/mol. The van der Waals surface area contributed by atoms with Gasteiger partial charge in [0.15, 0.2) is 0 Å². The summed E-state index contributed by atoms with van der Waals surface area (Å²) in [6.07, 6.45) is 4.04. The Balaban J connectivity index is 3.07. The van der Waals surface area contributed by atoms with Gasteiger partial charge in [0.05, 0.1) is 0 Å². The molecule has 5 heteroatoms. The minimum atomic E-state index is -2.72. The van der Waals surface area contributed by atoms with Crippen molar-refractivity contribution in [3.63, 3.8) is 0 Å². The van der Waals surface area contributed by atoms with Crippen molar-refractivity contribution in [2.45, 2.75) is 13.5 Å². The summed E-state index contributed by atoms with van der Waals surface area (Å²) >= 11 is 0. The molecule has 0 radical (unpaired) electrons. The summed E-state index contributed by atoms with van der Waals surface area (Å²) in [6, 6.07) is 10.2. The van der Waals surface area contributed by atoms with Gasteiger partial charge in [-0.25, -0.2) is 14.0 Å². The quantitative estimate of drug-likeness (QED) is 0.569. The molecule has 4 nitrogen and oxygen atoms in total. The minimum absolute atomic E-state index is 0.665. The van der Waals surface area contributed by atoms with Gasteiger partial charge in [0.25, 0.3) is 7.59 Å². The smallest absolute Gasteiger partial charge is 0.270 e. The summed E-state index contributed by atoms with van der Waals surface area (Å²) in [5, 5.41) is 0. The van der Waals surface area contributed by atoms with Gasteiger partial charge in [-0.1, -0.05) is 42.5 Å². The number of hydrogen-bond donors (Lipinski definition) is 0. The highest BCUT2D eigenvalue weighted by Gasteiger charge is 2.35. The van der Waals surface area contributed by atoms with Crippen molar-refractivity contribution in [3.8, 4) is 0 Å². The van der Waals surface area contributed by atoms with Crippen molar-refractivity contribution in [1.82, 2.24) is 14.0 Å². The molecule has 112 valence electrons. The van der Waals surface area contributed by atoms with Gasteiger partial charge in [-0.15, -0.1) is 0 Å². The number of hydrogen-bond acceptors (Lipinski definition) is 1. The van der Waals surface area contributed by atoms with Crippen molar-refractivity contribution < 1.29 is 4.57 Å². The molecule has 0 spiro atoms. The first-order valence-electron chi connectivity index (χ1n) is 6.79. The molecule has 0 saturated heterocycles. The Labute approximate surface area is 123 Å². The largest absolute Gasteiger partial charge is 0.286 e. The molecule has 0 amide bonds. The van der Waals surface area contributed by atoms with Crippen LogP contribution in [0.3, 0.4) is 0 Å². The Morgan fingerprint density at radius 1 is 1.05 bits per heavy atom. The summed E-state index contributed by atoms with van der Waals surface area (Å²) in [6.45, 7) is 3.31. The molecule has 20 heavy (non-hydrogen) atoms. The molecule has 0 aliphatic rings. The van der Waals surface area contributed by atoms with Gasteiger partial charge in [-0.3, -0.25) is 4.57 Å². The summed E-state index contributed by atoms with van der Waals surface area (Å²) in [5.74, 6) is 0. The van der Waals surface area contributed by atoms with E-state index in [1.807, 2.05) is 79.5 Å². The summed E-state index contributed by atoms with van der Waals surface area (Å²) in [5.41, 5.74) is 1.17. The van der Waals surface area contributed by atoms with E-state index in [-0.39, 0.29) is 0 Å². The Morgan fingerprint density at radius 2 is 1.60 bits per heavy atom. The lowest BCUT2D eigenvalue weighted by Gasteiger charge is -2.39. The molecule has 1 aromatic rings. The maximum absolute atomic E-state index is 13.4. The van der Waals surface area contributed by atoms with Gasteiger partial charge < -0.3 is 0 Å². The summed E-state index contributed by atoms with van der Waals surface area (Å²) in [7, 11) is 4.76. The first kappa shape index (κ1) is 17.1. The SMILES string of the molecule is C/C=C\CN(Cc1ccccc1)P(=O)(N(C)C)N(C)C. The molecular weight excluding hydrogens is 269 g/mol. The van der Waals surface area contributed by atoms with Crippen LogP contribution in [0.15, 0.2) is 42.5 Å². The van der Waals surface area contributed by atoms with Gasteiger partial charge in [-0.2, -0.15) is 0 Å². The van der Waals surface area contributed by atoms with Crippen LogP contribution in [-0.4, -0.2) is 48.7 Å². The van der Waals surface area contributed by atoms with Gasteiger partial charge in [0.2, 0.25) is 0 Å². The highest BCUT2D eigenvalue weighted by atomic mass is 31.2. The van der Waals surface area contributed by atoms with Crippen molar-refractivity contribution >= 4 is 7.59 Å². The maximum atomic E-state index is 13.4. The first-order valence-corrected chi connectivity index (χ1v) is 8.35. The highest BCUT2D eigenvalue weighted by Crippen LogP contribution is 2.53. The topological polar surface area (TPSA) is 26.8 Å². The van der Waals surface area contributed by atoms with E-state index < -0.39 is 7.59 Å². The minimum Gasteiger partial charge on any atom is -0.270 e. The van der Waals surface area contributed by atoms with Crippen LogP contribution in [0.2, 0.25) is 0 Å². The fourth-order valence-corrected chi connectivity index (χ4v) is 4.53. The number of benzene rings is 1. The van der Waals surface area contributed by atoms with Crippen LogP contribution in [0.25, 0.3) is 0 Å². The molecule has 0 saturated carbocycles. The van der Waals surface area contributed by atoms with Crippen LogP contribution < -0.4 is 0 Å². The molecule has 0 atom stereocenters. The molecule has 1 rings (SSSR count). The molecule has 0 fully saturated rings. The Morgan fingerprint density at radius 3 is 2.05 bits per heavy atom. The van der Waals surface area contributed by atoms with E-state index in [0.717, 1.165) is 0 Å². The van der Waals surface area contributed by atoms with E-state index in [2.05, 4.69) is 12.1 Å². The van der Waals surface area contributed by atoms with E-state index in [4.69, 9.17) is 0 Å². The van der Waals surface area contributed by atoms with Crippen molar-refractivity contribution in [3.05, 3.63) is 48.0 Å². The number of rotatable bonds is 7. The second kappa shape index (κ2) is 7.75. The zero-order valence-corrected chi connectivity index (χ0v) is 14.0. The molecule has 0 aliphatic heterocycles. The predicted molar refractivity (Wildman–Crippen MR) is 86.6 cm³/mol. The van der Waals surface area contributed by atoms with E-state index in [0.29, 0.717) is 13.1 Å². The highest BCUT2D eigenvalue weighted by molar-refractivity contribution is 7.56. The Bertz CT molecular complexity index is 459. The first-order chi connectivity index (χ1) is 9.42. The lowest BCUT2D eigenvalue weighted by Crippen LogP contribution is -2.34. The van der Waals surface area contributed by atoms with Crippen LogP contribution in [0.4, 0.5) is 0 Å². The van der Waals surface area contributed by atoms with Crippen molar-refractivity contribution in [2.24, 2.45) is 0 Å². The van der Waals surface area contributed by atoms with Crippen LogP contribution in [0.5, 0.6) is 0 Å². The van der Waals surface area contributed by atoms with Crippen LogP contribution in [0, 0.1) is 0 Å². The maximum Gasteiger partial charge on any atom is 0.286 e. The van der Waals surface area contributed by atoms with Crippen LogP contribution >= 0.6 is 7.59 Å². The molecule has 1 aromatic carbocycles. The molecular formula is C15H26N3OP. The third kappa shape index (κ3) is 4.03. The third-order valence-electron chi connectivity index (χ3n) is 3.17.